The van der Waals surface area contributed by atoms with Gasteiger partial charge in [-0.25, -0.2) is 0 Å². The summed E-state index contributed by atoms with van der Waals surface area (Å²) in [5.74, 6) is 1.24. The quantitative estimate of drug-likeness (QED) is 0.642. The number of amides is 1. The largest absolute Gasteiger partial charge is 0.497 e. The van der Waals surface area contributed by atoms with Crippen molar-refractivity contribution >= 4 is 28.3 Å². The van der Waals surface area contributed by atoms with Gasteiger partial charge in [-0.2, -0.15) is 0 Å². The van der Waals surface area contributed by atoms with E-state index < -0.39 is 10.8 Å². The number of rotatable bonds is 7. The average Bonchev–Trinajstić information content (AvgIpc) is 3.15. The number of carbonyl (C=O) groups is 1. The van der Waals surface area contributed by atoms with Gasteiger partial charge in [0.15, 0.2) is 5.76 Å². The summed E-state index contributed by atoms with van der Waals surface area (Å²) in [7, 11) is 0.316. The van der Waals surface area contributed by atoms with Gasteiger partial charge in [0.25, 0.3) is 5.91 Å². The Kier molecular flexibility index (Phi) is 6.32. The van der Waals surface area contributed by atoms with Crippen LogP contribution in [0.2, 0.25) is 5.02 Å². The molecule has 27 heavy (non-hydrogen) atoms. The van der Waals surface area contributed by atoms with E-state index in [1.165, 1.54) is 0 Å². The van der Waals surface area contributed by atoms with Crippen LogP contribution in [0.5, 0.6) is 5.75 Å². The number of halogens is 1. The van der Waals surface area contributed by atoms with Gasteiger partial charge in [0.1, 0.15) is 11.5 Å². The zero-order valence-electron chi connectivity index (χ0n) is 14.6. The molecule has 1 N–H and O–H groups in total. The molecule has 0 unspecified atom stereocenters. The van der Waals surface area contributed by atoms with E-state index in [0.29, 0.717) is 22.2 Å². The van der Waals surface area contributed by atoms with Gasteiger partial charge in [0, 0.05) is 16.5 Å². The molecular formula is C20H18ClNO4S. The number of ether oxygens (including phenoxy) is 1. The maximum atomic E-state index is 12.4. The predicted molar refractivity (Wildman–Crippen MR) is 104 cm³/mol. The van der Waals surface area contributed by atoms with Crippen LogP contribution >= 0.6 is 11.6 Å². The minimum atomic E-state index is -1.28. The highest BCUT2D eigenvalue weighted by atomic mass is 35.5. The molecule has 3 rings (SSSR count). The number of hydrogen-bond acceptors (Lipinski definition) is 4. The number of carbonyl (C=O) groups excluding carboxylic acids is 1. The van der Waals surface area contributed by atoms with Crippen LogP contribution in [-0.2, 0) is 23.1 Å². The molecule has 3 aromatic rings. The lowest BCUT2D eigenvalue weighted by molar-refractivity contribution is 0.0921. The Bertz CT molecular complexity index is 953. The molecule has 0 bridgehead atoms. The number of nitrogens with one attached hydrogen (secondary N) is 1. The van der Waals surface area contributed by atoms with Gasteiger partial charge in [-0.1, -0.05) is 23.7 Å². The first kappa shape index (κ1) is 19.2. The van der Waals surface area contributed by atoms with E-state index in [2.05, 4.69) is 5.32 Å². The van der Waals surface area contributed by atoms with Crippen molar-refractivity contribution in [2.75, 3.05) is 7.11 Å². The van der Waals surface area contributed by atoms with E-state index in [4.69, 9.17) is 20.8 Å². The summed E-state index contributed by atoms with van der Waals surface area (Å²) < 4.78 is 23.1. The van der Waals surface area contributed by atoms with Crippen molar-refractivity contribution in [3.05, 3.63) is 82.8 Å². The molecule has 0 saturated heterocycles. The van der Waals surface area contributed by atoms with E-state index in [0.717, 1.165) is 11.3 Å². The van der Waals surface area contributed by atoms with Gasteiger partial charge in [0.2, 0.25) is 0 Å². The molecule has 140 valence electrons. The number of methoxy groups -OCH3 is 1. The van der Waals surface area contributed by atoms with E-state index in [-0.39, 0.29) is 17.4 Å². The van der Waals surface area contributed by atoms with Crippen molar-refractivity contribution < 1.29 is 18.2 Å². The molecule has 0 aliphatic heterocycles. The standard InChI is InChI=1S/C20H18ClNO4S/c1-25-16-4-2-3-14(11-16)12-22-20(23)19-10-7-17(26-19)13-27(24)18-8-5-15(21)6-9-18/h2-11H,12-13H2,1H3,(H,22,23)/t27-/m0/s1. The molecule has 5 nitrogen and oxygen atoms in total. The molecule has 1 atom stereocenters. The highest BCUT2D eigenvalue weighted by molar-refractivity contribution is 7.84. The smallest absolute Gasteiger partial charge is 0.287 e. The monoisotopic (exact) mass is 403 g/mol. The lowest BCUT2D eigenvalue weighted by atomic mass is 10.2. The second kappa shape index (κ2) is 8.88. The van der Waals surface area contributed by atoms with Crippen LogP contribution in [0.3, 0.4) is 0 Å². The van der Waals surface area contributed by atoms with E-state index in [9.17, 15) is 9.00 Å². The Morgan fingerprint density at radius 1 is 1.15 bits per heavy atom. The Hall–Kier alpha value is -2.57. The van der Waals surface area contributed by atoms with Crippen LogP contribution in [0.4, 0.5) is 0 Å². The number of furan rings is 1. The number of benzene rings is 2. The SMILES string of the molecule is COc1cccc(CNC(=O)c2ccc(C[S@](=O)c3ccc(Cl)cc3)o2)c1. The first-order valence-electron chi connectivity index (χ1n) is 8.19. The van der Waals surface area contributed by atoms with Gasteiger partial charge in [0.05, 0.1) is 23.7 Å². The zero-order valence-corrected chi connectivity index (χ0v) is 16.2. The van der Waals surface area contributed by atoms with Gasteiger partial charge >= 0.3 is 0 Å². The van der Waals surface area contributed by atoms with Crippen molar-refractivity contribution in [3.63, 3.8) is 0 Å². The van der Waals surface area contributed by atoms with Crippen LogP contribution in [0.25, 0.3) is 0 Å². The Morgan fingerprint density at radius 3 is 2.67 bits per heavy atom. The van der Waals surface area contributed by atoms with Gasteiger partial charge < -0.3 is 14.5 Å². The van der Waals surface area contributed by atoms with Crippen LogP contribution < -0.4 is 10.1 Å². The highest BCUT2D eigenvalue weighted by Crippen LogP contribution is 2.18. The number of hydrogen-bond donors (Lipinski definition) is 1. The Labute approximate surface area is 164 Å². The molecular weight excluding hydrogens is 386 g/mol. The lowest BCUT2D eigenvalue weighted by Crippen LogP contribution is -2.22. The second-order valence-electron chi connectivity index (χ2n) is 5.74. The fraction of sp³-hybridized carbons (Fsp3) is 0.150. The van der Waals surface area contributed by atoms with Crippen molar-refractivity contribution in [2.24, 2.45) is 0 Å². The molecule has 1 aromatic heterocycles. The summed E-state index contributed by atoms with van der Waals surface area (Å²) in [4.78, 5) is 12.9. The first-order chi connectivity index (χ1) is 13.0. The average molecular weight is 404 g/mol. The van der Waals surface area contributed by atoms with Crippen LogP contribution in [0.1, 0.15) is 21.9 Å². The molecule has 0 spiro atoms. The molecule has 0 aliphatic carbocycles. The summed E-state index contributed by atoms with van der Waals surface area (Å²) >= 11 is 5.84. The Morgan fingerprint density at radius 2 is 1.93 bits per heavy atom. The van der Waals surface area contributed by atoms with E-state index >= 15 is 0 Å². The molecule has 1 amide bonds. The second-order valence-corrected chi connectivity index (χ2v) is 7.63. The summed E-state index contributed by atoms with van der Waals surface area (Å²) in [6, 6.07) is 17.5. The van der Waals surface area contributed by atoms with Gasteiger partial charge in [-0.3, -0.25) is 9.00 Å². The van der Waals surface area contributed by atoms with Crippen molar-refractivity contribution in [3.8, 4) is 5.75 Å². The highest BCUT2D eigenvalue weighted by Gasteiger charge is 2.13. The predicted octanol–water partition coefficient (Wildman–Crippen LogP) is 4.18. The van der Waals surface area contributed by atoms with Gasteiger partial charge in [-0.05, 0) is 54.1 Å². The molecule has 0 radical (unpaired) electrons. The summed E-state index contributed by atoms with van der Waals surface area (Å²) in [5, 5.41) is 3.38. The third-order valence-electron chi connectivity index (χ3n) is 3.82. The fourth-order valence-corrected chi connectivity index (χ4v) is 3.57. The van der Waals surface area contributed by atoms with Crippen molar-refractivity contribution in [1.82, 2.24) is 5.32 Å². The fourth-order valence-electron chi connectivity index (χ4n) is 2.43. The Balaban J connectivity index is 1.58. The molecule has 0 saturated carbocycles. The van der Waals surface area contributed by atoms with E-state index in [1.54, 1.807) is 43.5 Å². The van der Waals surface area contributed by atoms with E-state index in [1.807, 2.05) is 24.3 Å². The molecule has 1 heterocycles. The molecule has 7 heteroatoms. The normalized spacial score (nSPS) is 11.8. The minimum absolute atomic E-state index is 0.181. The van der Waals surface area contributed by atoms with Gasteiger partial charge in [-0.15, -0.1) is 0 Å². The zero-order chi connectivity index (χ0) is 19.2. The topological polar surface area (TPSA) is 68.5 Å². The van der Waals surface area contributed by atoms with Crippen molar-refractivity contribution in [2.45, 2.75) is 17.2 Å². The molecule has 0 aliphatic rings. The first-order valence-corrected chi connectivity index (χ1v) is 9.88. The molecule has 0 fully saturated rings. The lowest BCUT2D eigenvalue weighted by Gasteiger charge is -2.05. The maximum Gasteiger partial charge on any atom is 0.287 e. The summed E-state index contributed by atoms with van der Waals surface area (Å²) in [5.41, 5.74) is 0.915. The third kappa shape index (κ3) is 5.21. The van der Waals surface area contributed by atoms with Crippen LogP contribution in [-0.4, -0.2) is 17.2 Å². The maximum absolute atomic E-state index is 12.4. The van der Waals surface area contributed by atoms with Crippen molar-refractivity contribution in [1.29, 1.82) is 0 Å². The third-order valence-corrected chi connectivity index (χ3v) is 5.42. The van der Waals surface area contributed by atoms with Crippen LogP contribution in [0, 0.1) is 0 Å². The minimum Gasteiger partial charge on any atom is -0.497 e. The summed E-state index contributed by atoms with van der Waals surface area (Å²) in [6.45, 7) is 0.350. The van der Waals surface area contributed by atoms with Crippen LogP contribution in [0.15, 0.2) is 70.0 Å². The molecule has 2 aromatic carbocycles. The summed E-state index contributed by atoms with van der Waals surface area (Å²) in [6.07, 6.45) is 0.